The van der Waals surface area contributed by atoms with Crippen molar-refractivity contribution in [1.82, 2.24) is 9.55 Å². The second-order valence-corrected chi connectivity index (χ2v) is 4.75. The maximum Gasteiger partial charge on any atom is 0.128 e. The van der Waals surface area contributed by atoms with Crippen LogP contribution in [0.2, 0.25) is 0 Å². The minimum absolute atomic E-state index is 0.327. The van der Waals surface area contributed by atoms with Crippen LogP contribution in [-0.2, 0) is 17.7 Å². The first-order chi connectivity index (χ1) is 8.77. The van der Waals surface area contributed by atoms with E-state index in [1.54, 1.807) is 0 Å². The Hall–Kier alpha value is -1.47. The maximum atomic E-state index is 6.20. The highest BCUT2D eigenvalue weighted by atomic mass is 16.5. The van der Waals surface area contributed by atoms with Crippen molar-refractivity contribution in [3.8, 4) is 12.3 Å². The summed E-state index contributed by atoms with van der Waals surface area (Å²) in [6.45, 7) is 4.21. The van der Waals surface area contributed by atoms with E-state index in [0.29, 0.717) is 12.5 Å². The third-order valence-electron chi connectivity index (χ3n) is 3.38. The lowest BCUT2D eigenvalue weighted by atomic mass is 9.98. The van der Waals surface area contributed by atoms with Crippen LogP contribution in [0.5, 0.6) is 0 Å². The number of rotatable bonds is 4. The number of imidazole rings is 1. The molecule has 4 nitrogen and oxygen atoms in total. The summed E-state index contributed by atoms with van der Waals surface area (Å²) in [5.74, 6) is 4.72. The SMILES string of the molecule is C#CCn1c(CCC)nc(C2CCCOC2)c1N. The zero-order chi connectivity index (χ0) is 13.0. The Morgan fingerprint density at radius 3 is 3.06 bits per heavy atom. The van der Waals surface area contributed by atoms with E-state index >= 15 is 0 Å². The normalized spacial score (nSPS) is 19.7. The maximum absolute atomic E-state index is 6.20. The summed E-state index contributed by atoms with van der Waals surface area (Å²) < 4.78 is 7.48. The first-order valence-corrected chi connectivity index (χ1v) is 6.63. The van der Waals surface area contributed by atoms with Crippen LogP contribution in [0.4, 0.5) is 5.82 Å². The van der Waals surface area contributed by atoms with Crippen LogP contribution in [0.25, 0.3) is 0 Å². The molecule has 0 radical (unpaired) electrons. The predicted molar refractivity (Wildman–Crippen MR) is 72.3 cm³/mol. The predicted octanol–water partition coefficient (Wildman–Crippen LogP) is 1.94. The molecule has 0 bridgehead atoms. The van der Waals surface area contributed by atoms with E-state index in [2.05, 4.69) is 12.8 Å². The number of terminal acetylenes is 1. The van der Waals surface area contributed by atoms with Gasteiger partial charge in [-0.05, 0) is 19.3 Å². The number of nitrogen functional groups attached to an aromatic ring is 1. The molecule has 0 aliphatic carbocycles. The third-order valence-corrected chi connectivity index (χ3v) is 3.38. The number of nitrogens with zero attached hydrogens (tertiary/aromatic N) is 2. The molecule has 2 rings (SSSR count). The number of ether oxygens (including phenoxy) is 1. The van der Waals surface area contributed by atoms with Crippen molar-refractivity contribution in [3.63, 3.8) is 0 Å². The zero-order valence-electron chi connectivity index (χ0n) is 11.0. The molecule has 1 aliphatic heterocycles. The van der Waals surface area contributed by atoms with Gasteiger partial charge in [0.05, 0.1) is 18.8 Å². The molecular weight excluding hydrogens is 226 g/mol. The van der Waals surface area contributed by atoms with Crippen LogP contribution in [0.1, 0.15) is 43.6 Å². The summed E-state index contributed by atoms with van der Waals surface area (Å²) >= 11 is 0. The van der Waals surface area contributed by atoms with Crippen molar-refractivity contribution in [1.29, 1.82) is 0 Å². The van der Waals surface area contributed by atoms with Crippen LogP contribution < -0.4 is 5.73 Å². The Balaban J connectivity index is 2.29. The molecule has 1 atom stereocenters. The minimum atomic E-state index is 0.327. The van der Waals surface area contributed by atoms with Gasteiger partial charge in [0.1, 0.15) is 11.6 Å². The topological polar surface area (TPSA) is 53.1 Å². The summed E-state index contributed by atoms with van der Waals surface area (Å²) in [7, 11) is 0. The number of aromatic nitrogens is 2. The summed E-state index contributed by atoms with van der Waals surface area (Å²) in [6.07, 6.45) is 9.54. The molecule has 2 N–H and O–H groups in total. The molecule has 0 saturated carbocycles. The van der Waals surface area contributed by atoms with E-state index in [9.17, 15) is 0 Å². The summed E-state index contributed by atoms with van der Waals surface area (Å²) in [4.78, 5) is 4.70. The van der Waals surface area contributed by atoms with Gasteiger partial charge in [-0.2, -0.15) is 0 Å². The fourth-order valence-electron chi connectivity index (χ4n) is 2.47. The molecule has 4 heteroatoms. The van der Waals surface area contributed by atoms with E-state index in [1.165, 1.54) is 0 Å². The quantitative estimate of drug-likeness (QED) is 0.827. The van der Waals surface area contributed by atoms with Gasteiger partial charge in [-0.25, -0.2) is 4.98 Å². The molecule has 18 heavy (non-hydrogen) atoms. The van der Waals surface area contributed by atoms with E-state index in [-0.39, 0.29) is 0 Å². The van der Waals surface area contributed by atoms with Gasteiger partial charge in [-0.15, -0.1) is 6.42 Å². The zero-order valence-corrected chi connectivity index (χ0v) is 11.0. The van der Waals surface area contributed by atoms with Gasteiger partial charge in [0.15, 0.2) is 0 Å². The van der Waals surface area contributed by atoms with Crippen molar-refractivity contribution in [2.75, 3.05) is 18.9 Å². The Morgan fingerprint density at radius 2 is 2.44 bits per heavy atom. The molecule has 1 aromatic rings. The number of hydrogen-bond donors (Lipinski definition) is 1. The molecular formula is C14H21N3O. The van der Waals surface area contributed by atoms with Gasteiger partial charge >= 0.3 is 0 Å². The van der Waals surface area contributed by atoms with Crippen molar-refractivity contribution < 1.29 is 4.74 Å². The molecule has 0 amide bonds. The van der Waals surface area contributed by atoms with Crippen LogP contribution in [-0.4, -0.2) is 22.8 Å². The van der Waals surface area contributed by atoms with Crippen molar-refractivity contribution in [3.05, 3.63) is 11.5 Å². The van der Waals surface area contributed by atoms with Crippen LogP contribution in [0, 0.1) is 12.3 Å². The molecule has 1 aliphatic rings. The van der Waals surface area contributed by atoms with Gasteiger partial charge in [0.2, 0.25) is 0 Å². The fraction of sp³-hybridized carbons (Fsp3) is 0.643. The largest absolute Gasteiger partial charge is 0.384 e. The van der Waals surface area contributed by atoms with Gasteiger partial charge in [0, 0.05) is 18.9 Å². The van der Waals surface area contributed by atoms with Crippen molar-refractivity contribution >= 4 is 5.82 Å². The Bertz CT molecular complexity index is 439. The fourth-order valence-corrected chi connectivity index (χ4v) is 2.47. The lowest BCUT2D eigenvalue weighted by molar-refractivity contribution is 0.0796. The number of aryl methyl sites for hydroxylation is 1. The molecule has 1 aromatic heterocycles. The molecule has 0 aromatic carbocycles. The van der Waals surface area contributed by atoms with Crippen LogP contribution in [0.15, 0.2) is 0 Å². The molecule has 0 spiro atoms. The molecule has 1 fully saturated rings. The Morgan fingerprint density at radius 1 is 1.61 bits per heavy atom. The third kappa shape index (κ3) is 2.51. The summed E-state index contributed by atoms with van der Waals surface area (Å²) in [5.41, 5.74) is 7.18. The average molecular weight is 247 g/mol. The highest BCUT2D eigenvalue weighted by Crippen LogP contribution is 2.30. The average Bonchev–Trinajstić information content (AvgIpc) is 2.70. The molecule has 2 heterocycles. The number of hydrogen-bond acceptors (Lipinski definition) is 3. The van der Waals surface area contributed by atoms with Crippen LogP contribution in [0.3, 0.4) is 0 Å². The van der Waals surface area contributed by atoms with Crippen molar-refractivity contribution in [2.24, 2.45) is 0 Å². The summed E-state index contributed by atoms with van der Waals surface area (Å²) in [5, 5.41) is 0. The molecule has 1 saturated heterocycles. The number of nitrogens with two attached hydrogens (primary N) is 1. The standard InChI is InChI=1S/C14H21N3O/c1-3-6-12-16-13(11-7-5-9-18-10-11)14(15)17(12)8-4-2/h2,11H,3,5-10,15H2,1H3. The lowest BCUT2D eigenvalue weighted by Crippen LogP contribution is -2.17. The monoisotopic (exact) mass is 247 g/mol. The van der Waals surface area contributed by atoms with E-state index in [0.717, 1.165) is 56.2 Å². The molecule has 98 valence electrons. The van der Waals surface area contributed by atoms with Gasteiger partial charge < -0.3 is 15.0 Å². The van der Waals surface area contributed by atoms with Gasteiger partial charge in [-0.3, -0.25) is 0 Å². The smallest absolute Gasteiger partial charge is 0.128 e. The van der Waals surface area contributed by atoms with Gasteiger partial charge in [-0.1, -0.05) is 12.8 Å². The van der Waals surface area contributed by atoms with E-state index in [1.807, 2.05) is 4.57 Å². The van der Waals surface area contributed by atoms with Crippen LogP contribution >= 0.6 is 0 Å². The van der Waals surface area contributed by atoms with Crippen molar-refractivity contribution in [2.45, 2.75) is 45.1 Å². The summed E-state index contributed by atoms with van der Waals surface area (Å²) in [6, 6.07) is 0. The Kier molecular flexibility index (Phi) is 4.27. The highest BCUT2D eigenvalue weighted by molar-refractivity contribution is 5.41. The second kappa shape index (κ2) is 5.92. The lowest BCUT2D eigenvalue weighted by Gasteiger charge is -2.20. The van der Waals surface area contributed by atoms with E-state index in [4.69, 9.17) is 21.9 Å². The first-order valence-electron chi connectivity index (χ1n) is 6.63. The molecule has 1 unspecified atom stereocenters. The number of anilines is 1. The Labute approximate surface area is 109 Å². The highest BCUT2D eigenvalue weighted by Gasteiger charge is 2.24. The van der Waals surface area contributed by atoms with Gasteiger partial charge in [0.25, 0.3) is 0 Å². The minimum Gasteiger partial charge on any atom is -0.384 e. The van der Waals surface area contributed by atoms with E-state index < -0.39 is 0 Å². The second-order valence-electron chi connectivity index (χ2n) is 4.75. The first kappa shape index (κ1) is 13.0.